The number of phenolic OH excluding ortho intramolecular Hbond substituents is 1. The van der Waals surface area contributed by atoms with Crippen molar-refractivity contribution in [1.29, 1.82) is 0 Å². The lowest BCUT2D eigenvalue weighted by Gasteiger charge is -2.18. The maximum atomic E-state index is 10.7. The molecule has 0 atom stereocenters. The second-order valence-electron chi connectivity index (χ2n) is 4.24. The minimum Gasteiger partial charge on any atom is -0.508 e. The summed E-state index contributed by atoms with van der Waals surface area (Å²) in [6, 6.07) is 3.97. The average molecular weight is 210 g/mol. The van der Waals surface area contributed by atoms with Gasteiger partial charge in [-0.05, 0) is 32.4 Å². The van der Waals surface area contributed by atoms with Crippen molar-refractivity contribution in [2.45, 2.75) is 25.8 Å². The van der Waals surface area contributed by atoms with Crippen LogP contribution in [0.3, 0.4) is 0 Å². The van der Waals surface area contributed by atoms with Crippen LogP contribution in [0.15, 0.2) is 18.2 Å². The lowest BCUT2D eigenvalue weighted by atomic mass is 9.95. The number of phenols is 1. The molecule has 0 saturated heterocycles. The molecule has 0 aliphatic rings. The van der Waals surface area contributed by atoms with Crippen molar-refractivity contribution in [1.82, 2.24) is 0 Å². The van der Waals surface area contributed by atoms with Crippen LogP contribution in [0.1, 0.15) is 19.4 Å². The van der Waals surface area contributed by atoms with Crippen LogP contribution in [0.25, 0.3) is 0 Å². The van der Waals surface area contributed by atoms with Crippen LogP contribution in [0, 0.1) is 10.1 Å². The molecule has 5 heteroatoms. The predicted molar refractivity (Wildman–Crippen MR) is 56.7 cm³/mol. The second-order valence-corrected chi connectivity index (χ2v) is 4.24. The minimum absolute atomic E-state index is 0.00803. The van der Waals surface area contributed by atoms with E-state index in [0.29, 0.717) is 12.0 Å². The van der Waals surface area contributed by atoms with Crippen molar-refractivity contribution in [3.63, 3.8) is 0 Å². The van der Waals surface area contributed by atoms with E-state index in [1.165, 1.54) is 18.2 Å². The number of benzene rings is 1. The third-order valence-electron chi connectivity index (χ3n) is 1.91. The van der Waals surface area contributed by atoms with Crippen LogP contribution in [-0.4, -0.2) is 15.6 Å². The average Bonchev–Trinajstić information content (AvgIpc) is 1.99. The summed E-state index contributed by atoms with van der Waals surface area (Å²) in [6.07, 6.45) is 0.345. The lowest BCUT2D eigenvalue weighted by molar-refractivity contribution is -0.385. The first-order valence-electron chi connectivity index (χ1n) is 4.55. The Kier molecular flexibility index (Phi) is 2.95. The summed E-state index contributed by atoms with van der Waals surface area (Å²) in [5, 5.41) is 20.0. The highest BCUT2D eigenvalue weighted by molar-refractivity contribution is 5.45. The van der Waals surface area contributed by atoms with Crippen molar-refractivity contribution in [3.8, 4) is 5.75 Å². The van der Waals surface area contributed by atoms with Crippen LogP contribution in [0.4, 0.5) is 5.69 Å². The third kappa shape index (κ3) is 3.21. The van der Waals surface area contributed by atoms with Crippen LogP contribution in [0.2, 0.25) is 0 Å². The van der Waals surface area contributed by atoms with Gasteiger partial charge in [0.15, 0.2) is 0 Å². The van der Waals surface area contributed by atoms with Gasteiger partial charge in [-0.1, -0.05) is 0 Å². The first-order valence-corrected chi connectivity index (χ1v) is 4.55. The van der Waals surface area contributed by atoms with Crippen LogP contribution >= 0.6 is 0 Å². The largest absolute Gasteiger partial charge is 0.508 e. The number of hydrogen-bond donors (Lipinski definition) is 2. The van der Waals surface area contributed by atoms with E-state index in [1.54, 1.807) is 13.8 Å². The highest BCUT2D eigenvalue weighted by Gasteiger charge is 2.20. The fraction of sp³-hybridized carbons (Fsp3) is 0.400. The van der Waals surface area contributed by atoms with E-state index in [4.69, 9.17) is 5.73 Å². The first kappa shape index (κ1) is 11.5. The monoisotopic (exact) mass is 210 g/mol. The number of nitro groups is 1. The van der Waals surface area contributed by atoms with Gasteiger partial charge >= 0.3 is 0 Å². The SMILES string of the molecule is CC(C)(N)Cc1cc(O)ccc1[N+](=O)[O-]. The molecule has 0 spiro atoms. The molecule has 0 bridgehead atoms. The Balaban J connectivity index is 3.13. The molecule has 1 aromatic carbocycles. The smallest absolute Gasteiger partial charge is 0.272 e. The van der Waals surface area contributed by atoms with Gasteiger partial charge in [0.05, 0.1) is 4.92 Å². The maximum absolute atomic E-state index is 10.7. The zero-order valence-electron chi connectivity index (χ0n) is 8.73. The van der Waals surface area contributed by atoms with Gasteiger partial charge in [-0.2, -0.15) is 0 Å². The number of nitrogens with two attached hydrogens (primary N) is 1. The maximum Gasteiger partial charge on any atom is 0.272 e. The summed E-state index contributed by atoms with van der Waals surface area (Å²) in [7, 11) is 0. The Morgan fingerprint density at radius 3 is 2.60 bits per heavy atom. The Labute approximate surface area is 87.7 Å². The molecule has 1 aromatic rings. The van der Waals surface area contributed by atoms with Gasteiger partial charge < -0.3 is 10.8 Å². The molecule has 0 radical (unpaired) electrons. The molecule has 15 heavy (non-hydrogen) atoms. The molecule has 82 valence electrons. The normalized spacial score (nSPS) is 11.4. The van der Waals surface area contributed by atoms with Gasteiger partial charge in [0.2, 0.25) is 0 Å². The standard InChI is InChI=1S/C10H14N2O3/c1-10(2,11)6-7-5-8(13)3-4-9(7)12(14)15/h3-5,13H,6,11H2,1-2H3. The van der Waals surface area contributed by atoms with E-state index in [1.807, 2.05) is 0 Å². The second kappa shape index (κ2) is 3.86. The van der Waals surface area contributed by atoms with Crippen LogP contribution < -0.4 is 5.73 Å². The number of aromatic hydroxyl groups is 1. The molecule has 0 heterocycles. The zero-order chi connectivity index (χ0) is 11.6. The molecule has 0 aromatic heterocycles. The molecule has 5 nitrogen and oxygen atoms in total. The van der Waals surface area contributed by atoms with E-state index >= 15 is 0 Å². The van der Waals surface area contributed by atoms with Gasteiger partial charge in [-0.3, -0.25) is 10.1 Å². The Bertz CT molecular complexity index is 383. The van der Waals surface area contributed by atoms with E-state index in [-0.39, 0.29) is 11.4 Å². The molecule has 0 saturated carbocycles. The summed E-state index contributed by atoms with van der Waals surface area (Å²) in [4.78, 5) is 10.2. The molecular formula is C10H14N2O3. The van der Waals surface area contributed by atoms with E-state index in [9.17, 15) is 15.2 Å². The zero-order valence-corrected chi connectivity index (χ0v) is 8.73. The Hall–Kier alpha value is -1.62. The molecule has 0 fully saturated rings. The molecular weight excluding hydrogens is 196 g/mol. The highest BCUT2D eigenvalue weighted by atomic mass is 16.6. The van der Waals surface area contributed by atoms with Gasteiger partial charge in [0, 0.05) is 17.2 Å². The predicted octanol–water partition coefficient (Wildman–Crippen LogP) is 1.58. The first-order chi connectivity index (χ1) is 6.79. The van der Waals surface area contributed by atoms with Gasteiger partial charge in [0.1, 0.15) is 5.75 Å². The highest BCUT2D eigenvalue weighted by Crippen LogP contribution is 2.26. The Morgan fingerprint density at radius 1 is 1.53 bits per heavy atom. The summed E-state index contributed by atoms with van der Waals surface area (Å²) in [6.45, 7) is 3.56. The van der Waals surface area contributed by atoms with Gasteiger partial charge in [-0.15, -0.1) is 0 Å². The fourth-order valence-electron chi connectivity index (χ4n) is 1.38. The minimum atomic E-state index is -0.543. The number of nitro benzene ring substituents is 1. The Morgan fingerprint density at radius 2 is 2.13 bits per heavy atom. The number of rotatable bonds is 3. The van der Waals surface area contributed by atoms with Crippen molar-refractivity contribution in [3.05, 3.63) is 33.9 Å². The molecule has 0 aliphatic carbocycles. The molecule has 0 aliphatic heterocycles. The van der Waals surface area contributed by atoms with Crippen LogP contribution in [-0.2, 0) is 6.42 Å². The van der Waals surface area contributed by atoms with E-state index < -0.39 is 10.5 Å². The van der Waals surface area contributed by atoms with Gasteiger partial charge in [0.25, 0.3) is 5.69 Å². The van der Waals surface area contributed by atoms with E-state index in [2.05, 4.69) is 0 Å². The molecule has 0 amide bonds. The van der Waals surface area contributed by atoms with Crippen molar-refractivity contribution in [2.75, 3.05) is 0 Å². The summed E-state index contributed by atoms with van der Waals surface area (Å²) in [5.74, 6) is 0.0138. The van der Waals surface area contributed by atoms with Crippen molar-refractivity contribution < 1.29 is 10.0 Å². The van der Waals surface area contributed by atoms with Crippen molar-refractivity contribution >= 4 is 5.69 Å². The molecule has 3 N–H and O–H groups in total. The quantitative estimate of drug-likeness (QED) is 0.585. The third-order valence-corrected chi connectivity index (χ3v) is 1.91. The van der Waals surface area contributed by atoms with Crippen molar-refractivity contribution in [2.24, 2.45) is 5.73 Å². The summed E-state index contributed by atoms with van der Waals surface area (Å²) >= 11 is 0. The number of hydrogen-bond acceptors (Lipinski definition) is 4. The summed E-state index contributed by atoms with van der Waals surface area (Å²) in [5.41, 5.74) is 5.68. The topological polar surface area (TPSA) is 89.4 Å². The molecule has 1 rings (SSSR count). The van der Waals surface area contributed by atoms with Crippen LogP contribution in [0.5, 0.6) is 5.75 Å². The van der Waals surface area contributed by atoms with Gasteiger partial charge in [-0.25, -0.2) is 0 Å². The fourth-order valence-corrected chi connectivity index (χ4v) is 1.38. The summed E-state index contributed by atoms with van der Waals surface area (Å²) < 4.78 is 0. The lowest BCUT2D eigenvalue weighted by Crippen LogP contribution is -2.34. The van der Waals surface area contributed by atoms with E-state index in [0.717, 1.165) is 0 Å². The number of nitrogens with zero attached hydrogens (tertiary/aromatic N) is 1. The molecule has 0 unspecified atom stereocenters.